The second-order valence-corrected chi connectivity index (χ2v) is 11.5. The second kappa shape index (κ2) is 13.1. The third-order valence-corrected chi connectivity index (χ3v) is 8.80. The van der Waals surface area contributed by atoms with E-state index in [1.807, 2.05) is 69.8 Å². The number of nitrogens with zero attached hydrogens (tertiary/aromatic N) is 3. The van der Waals surface area contributed by atoms with Crippen LogP contribution in [0.5, 0.6) is 0 Å². The highest BCUT2D eigenvalue weighted by molar-refractivity contribution is 7.12. The Morgan fingerprint density at radius 1 is 0.825 bits per heavy atom. The lowest BCUT2D eigenvalue weighted by Crippen LogP contribution is -2.39. The average Bonchev–Trinajstić information content (AvgIpc) is 3.43. The van der Waals surface area contributed by atoms with Gasteiger partial charge in [0, 0.05) is 50.6 Å². The van der Waals surface area contributed by atoms with Crippen LogP contribution in [0.25, 0.3) is 0 Å². The molecular weight excluding hydrogens is 520 g/mol. The van der Waals surface area contributed by atoms with Crippen molar-refractivity contribution in [2.45, 2.75) is 44.9 Å². The van der Waals surface area contributed by atoms with Crippen molar-refractivity contribution < 1.29 is 14.4 Å². The van der Waals surface area contributed by atoms with Crippen LogP contribution in [0.15, 0.2) is 66.0 Å². The number of piperidine rings is 1. The SMILES string of the molecule is CCC(C(=O)N1CCCN(c2ccc(NC(=O)c3cccs3)cc2C(=O)N2CCCCC2)CC1)c1ccccc1. The Balaban J connectivity index is 1.36. The van der Waals surface area contributed by atoms with E-state index in [1.165, 1.54) is 11.3 Å². The summed E-state index contributed by atoms with van der Waals surface area (Å²) in [5.41, 5.74) is 3.16. The van der Waals surface area contributed by atoms with Crippen LogP contribution in [-0.2, 0) is 4.79 Å². The van der Waals surface area contributed by atoms with Gasteiger partial charge in [0.15, 0.2) is 0 Å². The molecule has 3 aromatic rings. The van der Waals surface area contributed by atoms with Crippen LogP contribution >= 0.6 is 11.3 Å². The molecule has 2 aliphatic heterocycles. The fourth-order valence-electron chi connectivity index (χ4n) is 5.77. The Bertz CT molecular complexity index is 1300. The molecule has 7 nitrogen and oxygen atoms in total. The molecule has 1 N–H and O–H groups in total. The van der Waals surface area contributed by atoms with E-state index in [9.17, 15) is 14.4 Å². The van der Waals surface area contributed by atoms with E-state index in [0.29, 0.717) is 35.8 Å². The van der Waals surface area contributed by atoms with Crippen LogP contribution in [0.3, 0.4) is 0 Å². The number of anilines is 2. The molecule has 0 spiro atoms. The van der Waals surface area contributed by atoms with Crippen LogP contribution in [0, 0.1) is 0 Å². The van der Waals surface area contributed by atoms with E-state index in [4.69, 9.17) is 0 Å². The number of hydrogen-bond donors (Lipinski definition) is 1. The van der Waals surface area contributed by atoms with Crippen LogP contribution in [0.4, 0.5) is 11.4 Å². The highest BCUT2D eigenvalue weighted by Gasteiger charge is 2.29. The van der Waals surface area contributed by atoms with Crippen LogP contribution in [-0.4, -0.2) is 66.8 Å². The Morgan fingerprint density at radius 3 is 2.33 bits per heavy atom. The first-order valence-corrected chi connectivity index (χ1v) is 15.3. The molecule has 2 aromatic carbocycles. The number of benzene rings is 2. The topological polar surface area (TPSA) is 73.0 Å². The Hall–Kier alpha value is -3.65. The predicted octanol–water partition coefficient (Wildman–Crippen LogP) is 5.86. The first-order valence-electron chi connectivity index (χ1n) is 14.4. The molecule has 1 aromatic heterocycles. The smallest absolute Gasteiger partial charge is 0.265 e. The van der Waals surface area contributed by atoms with Crippen LogP contribution < -0.4 is 10.2 Å². The quantitative estimate of drug-likeness (QED) is 0.394. The molecule has 5 rings (SSSR count). The lowest BCUT2D eigenvalue weighted by molar-refractivity contribution is -0.132. The van der Waals surface area contributed by atoms with E-state index in [2.05, 4.69) is 17.1 Å². The fourth-order valence-corrected chi connectivity index (χ4v) is 6.38. The number of amides is 3. The number of hydrogen-bond acceptors (Lipinski definition) is 5. The number of nitrogens with one attached hydrogen (secondary N) is 1. The summed E-state index contributed by atoms with van der Waals surface area (Å²) in [4.78, 5) is 46.9. The Labute approximate surface area is 240 Å². The number of likely N-dealkylation sites (tertiary alicyclic amines) is 1. The molecule has 0 aliphatic carbocycles. The van der Waals surface area contributed by atoms with Gasteiger partial charge in [-0.05, 0) is 67.3 Å². The highest BCUT2D eigenvalue weighted by atomic mass is 32.1. The molecule has 2 saturated heterocycles. The average molecular weight is 559 g/mol. The summed E-state index contributed by atoms with van der Waals surface area (Å²) in [6.45, 7) is 6.29. The summed E-state index contributed by atoms with van der Waals surface area (Å²) in [5, 5.41) is 4.85. The minimum atomic E-state index is -0.174. The molecule has 0 saturated carbocycles. The van der Waals surface area contributed by atoms with Gasteiger partial charge in [-0.15, -0.1) is 11.3 Å². The van der Waals surface area contributed by atoms with Crippen molar-refractivity contribution in [1.82, 2.24) is 9.80 Å². The van der Waals surface area contributed by atoms with Gasteiger partial charge in [-0.25, -0.2) is 0 Å². The molecule has 3 amide bonds. The number of carbonyl (C=O) groups is 3. The van der Waals surface area contributed by atoms with E-state index in [-0.39, 0.29) is 23.6 Å². The zero-order valence-corrected chi connectivity index (χ0v) is 24.0. The lowest BCUT2D eigenvalue weighted by Gasteiger charge is -2.31. The maximum Gasteiger partial charge on any atom is 0.265 e. The fraction of sp³-hybridized carbons (Fsp3) is 0.406. The van der Waals surface area contributed by atoms with Gasteiger partial charge in [-0.1, -0.05) is 43.3 Å². The largest absolute Gasteiger partial charge is 0.369 e. The lowest BCUT2D eigenvalue weighted by atomic mass is 9.95. The molecule has 0 radical (unpaired) electrons. The maximum atomic E-state index is 13.8. The predicted molar refractivity (Wildman–Crippen MR) is 161 cm³/mol. The third-order valence-electron chi connectivity index (χ3n) is 7.93. The number of thiophene rings is 1. The highest BCUT2D eigenvalue weighted by Crippen LogP contribution is 2.29. The van der Waals surface area contributed by atoms with Gasteiger partial charge in [-0.3, -0.25) is 14.4 Å². The molecule has 3 heterocycles. The van der Waals surface area contributed by atoms with E-state index >= 15 is 0 Å². The van der Waals surface area contributed by atoms with Crippen molar-refractivity contribution in [3.05, 3.63) is 82.0 Å². The summed E-state index contributed by atoms with van der Waals surface area (Å²) >= 11 is 1.39. The summed E-state index contributed by atoms with van der Waals surface area (Å²) in [7, 11) is 0. The van der Waals surface area contributed by atoms with Crippen molar-refractivity contribution >= 4 is 40.4 Å². The van der Waals surface area contributed by atoms with Crippen LogP contribution in [0.2, 0.25) is 0 Å². The van der Waals surface area contributed by atoms with Crippen molar-refractivity contribution in [1.29, 1.82) is 0 Å². The van der Waals surface area contributed by atoms with Crippen molar-refractivity contribution in [2.75, 3.05) is 49.5 Å². The van der Waals surface area contributed by atoms with Gasteiger partial charge in [0.2, 0.25) is 5.91 Å². The minimum absolute atomic E-state index is 0.00854. The molecule has 1 unspecified atom stereocenters. The number of rotatable bonds is 7. The molecule has 1 atom stereocenters. The molecule has 40 heavy (non-hydrogen) atoms. The zero-order chi connectivity index (χ0) is 27.9. The second-order valence-electron chi connectivity index (χ2n) is 10.6. The first-order chi connectivity index (χ1) is 19.5. The summed E-state index contributed by atoms with van der Waals surface area (Å²) in [6.07, 6.45) is 4.75. The third kappa shape index (κ3) is 6.39. The molecule has 0 bridgehead atoms. The first kappa shape index (κ1) is 27.9. The van der Waals surface area contributed by atoms with Gasteiger partial charge in [-0.2, -0.15) is 0 Å². The summed E-state index contributed by atoms with van der Waals surface area (Å²) in [6, 6.07) is 19.3. The van der Waals surface area contributed by atoms with E-state index in [1.54, 1.807) is 6.07 Å². The zero-order valence-electron chi connectivity index (χ0n) is 23.2. The van der Waals surface area contributed by atoms with Gasteiger partial charge in [0.05, 0.1) is 16.4 Å². The summed E-state index contributed by atoms with van der Waals surface area (Å²) < 4.78 is 0. The molecule has 2 aliphatic rings. The van der Waals surface area contributed by atoms with Crippen molar-refractivity contribution in [3.63, 3.8) is 0 Å². The minimum Gasteiger partial charge on any atom is -0.369 e. The monoisotopic (exact) mass is 558 g/mol. The molecule has 8 heteroatoms. The normalized spacial score (nSPS) is 16.8. The van der Waals surface area contributed by atoms with Crippen molar-refractivity contribution in [3.8, 4) is 0 Å². The van der Waals surface area contributed by atoms with E-state index in [0.717, 1.165) is 63.0 Å². The molecule has 210 valence electrons. The van der Waals surface area contributed by atoms with Gasteiger partial charge < -0.3 is 20.0 Å². The maximum absolute atomic E-state index is 13.8. The Kier molecular flexibility index (Phi) is 9.16. The number of carbonyl (C=O) groups excluding carboxylic acids is 3. The molecule has 2 fully saturated rings. The van der Waals surface area contributed by atoms with Crippen molar-refractivity contribution in [2.24, 2.45) is 0 Å². The van der Waals surface area contributed by atoms with E-state index < -0.39 is 0 Å². The van der Waals surface area contributed by atoms with Crippen LogP contribution in [0.1, 0.15) is 70.5 Å². The summed E-state index contributed by atoms with van der Waals surface area (Å²) in [5.74, 6) is -0.136. The molecular formula is C32H38N4O3S. The standard InChI is InChI=1S/C32H38N4O3S/c1-2-26(24-11-5-3-6-12-24)31(38)36-19-10-18-34(20-21-36)28-15-14-25(33-30(37)29-13-9-22-40-29)23-27(28)32(39)35-16-7-4-8-17-35/h3,5-6,9,11-15,22-23,26H,2,4,7-8,10,16-21H2,1H3,(H,33,37). The van der Waals surface area contributed by atoms with Gasteiger partial charge >= 0.3 is 0 Å². The van der Waals surface area contributed by atoms with Gasteiger partial charge in [0.25, 0.3) is 11.8 Å². The Morgan fingerprint density at radius 2 is 1.60 bits per heavy atom. The van der Waals surface area contributed by atoms with Gasteiger partial charge in [0.1, 0.15) is 0 Å².